The highest BCUT2D eigenvalue weighted by Gasteiger charge is 2.29. The molecule has 1 aromatic heterocycles. The van der Waals surface area contributed by atoms with E-state index in [9.17, 15) is 4.79 Å². The van der Waals surface area contributed by atoms with Gasteiger partial charge in [0.2, 0.25) is 5.91 Å². The van der Waals surface area contributed by atoms with Crippen LogP contribution in [0.3, 0.4) is 0 Å². The van der Waals surface area contributed by atoms with Gasteiger partial charge in [0.15, 0.2) is 0 Å². The monoisotopic (exact) mass is 380 g/mol. The van der Waals surface area contributed by atoms with Crippen molar-refractivity contribution in [2.24, 2.45) is 0 Å². The van der Waals surface area contributed by atoms with Gasteiger partial charge in [-0.1, -0.05) is 24.6 Å². The highest BCUT2D eigenvalue weighted by molar-refractivity contribution is 5.85. The summed E-state index contributed by atoms with van der Waals surface area (Å²) in [6.07, 6.45) is 7.43. The molecule has 0 unspecified atom stereocenters. The lowest BCUT2D eigenvalue weighted by atomic mass is 9.99. The Balaban J connectivity index is 1.15. The number of rotatable bonds is 3. The normalized spacial score (nSPS) is 22.5. The van der Waals surface area contributed by atoms with Gasteiger partial charge in [0, 0.05) is 48.8 Å². The molecule has 1 N–H and O–H groups in total. The fourth-order valence-electron chi connectivity index (χ4n) is 5.44. The van der Waals surface area contributed by atoms with Gasteiger partial charge in [0.1, 0.15) is 0 Å². The predicted octanol–water partition coefficient (Wildman–Crippen LogP) is 3.00. The number of aromatic amines is 1. The molecule has 3 aliphatic rings. The Morgan fingerprint density at radius 3 is 2.61 bits per heavy atom. The van der Waals surface area contributed by atoms with E-state index in [1.807, 2.05) is 0 Å². The van der Waals surface area contributed by atoms with Crippen LogP contribution in [0.25, 0.3) is 10.9 Å². The fraction of sp³-hybridized carbons (Fsp3) is 0.609. The number of amides is 1. The van der Waals surface area contributed by atoms with Gasteiger partial charge < -0.3 is 14.8 Å². The number of para-hydroxylation sites is 1. The van der Waals surface area contributed by atoms with Crippen molar-refractivity contribution in [1.29, 1.82) is 0 Å². The van der Waals surface area contributed by atoms with Crippen LogP contribution in [0.1, 0.15) is 43.4 Å². The van der Waals surface area contributed by atoms with Crippen LogP contribution < -0.4 is 0 Å². The van der Waals surface area contributed by atoms with Crippen molar-refractivity contribution >= 4 is 16.8 Å². The number of hydrogen-bond acceptors (Lipinski definition) is 3. The Kier molecular flexibility index (Phi) is 5.12. The smallest absolute Gasteiger partial charge is 0.236 e. The van der Waals surface area contributed by atoms with Crippen molar-refractivity contribution in [1.82, 2.24) is 19.7 Å². The summed E-state index contributed by atoms with van der Waals surface area (Å²) in [7, 11) is 0. The van der Waals surface area contributed by atoms with Crippen LogP contribution in [0.4, 0.5) is 0 Å². The van der Waals surface area contributed by atoms with Gasteiger partial charge in [0.25, 0.3) is 0 Å². The zero-order valence-corrected chi connectivity index (χ0v) is 16.8. The summed E-state index contributed by atoms with van der Waals surface area (Å²) in [4.78, 5) is 23.6. The zero-order valence-electron chi connectivity index (χ0n) is 16.8. The first-order chi connectivity index (χ1) is 13.8. The van der Waals surface area contributed by atoms with E-state index in [2.05, 4.69) is 43.9 Å². The molecule has 0 saturated carbocycles. The molecule has 1 amide bonds. The third kappa shape index (κ3) is 3.58. The first kappa shape index (κ1) is 18.2. The lowest BCUT2D eigenvalue weighted by Crippen LogP contribution is -2.50. The molecule has 0 bridgehead atoms. The molecule has 0 radical (unpaired) electrons. The molecular formula is C23H32N4O. The minimum absolute atomic E-state index is 0.316. The second-order valence-corrected chi connectivity index (χ2v) is 8.80. The topological polar surface area (TPSA) is 42.6 Å². The molecule has 1 aromatic carbocycles. The third-order valence-corrected chi connectivity index (χ3v) is 7.04. The van der Waals surface area contributed by atoms with E-state index in [-0.39, 0.29) is 0 Å². The molecule has 5 nitrogen and oxygen atoms in total. The van der Waals surface area contributed by atoms with Gasteiger partial charge in [-0.2, -0.15) is 0 Å². The number of likely N-dealkylation sites (tertiary alicyclic amines) is 2. The Morgan fingerprint density at radius 2 is 1.79 bits per heavy atom. The van der Waals surface area contributed by atoms with Gasteiger partial charge in [-0.05, 0) is 56.8 Å². The van der Waals surface area contributed by atoms with Crippen LogP contribution in [0.15, 0.2) is 24.3 Å². The molecule has 0 atom stereocenters. The van der Waals surface area contributed by atoms with Crippen molar-refractivity contribution < 1.29 is 4.79 Å². The number of benzene rings is 1. The Hall–Kier alpha value is -1.85. The van der Waals surface area contributed by atoms with E-state index < -0.39 is 0 Å². The number of H-pyrrole nitrogens is 1. The minimum atomic E-state index is 0.316. The standard InChI is InChI=1S/C23H32N4O/c28-23(27-14-8-18(9-15-27)26-11-4-1-5-12-26)17-25-13-10-20-19-6-2-3-7-21(19)24-22(20)16-25/h2-3,6-7,18,24H,1,4-5,8-17H2. The number of nitrogens with zero attached hydrogens (tertiary/aromatic N) is 3. The van der Waals surface area contributed by atoms with Gasteiger partial charge >= 0.3 is 0 Å². The maximum Gasteiger partial charge on any atom is 0.236 e. The van der Waals surface area contributed by atoms with Crippen LogP contribution >= 0.6 is 0 Å². The van der Waals surface area contributed by atoms with E-state index in [0.717, 1.165) is 45.4 Å². The number of nitrogens with one attached hydrogen (secondary N) is 1. The number of carbonyl (C=O) groups is 1. The predicted molar refractivity (Wildman–Crippen MR) is 112 cm³/mol. The van der Waals surface area contributed by atoms with Gasteiger partial charge in [-0.15, -0.1) is 0 Å². The number of fused-ring (bicyclic) bond motifs is 3. The first-order valence-corrected chi connectivity index (χ1v) is 11.1. The van der Waals surface area contributed by atoms with Gasteiger partial charge in [-0.25, -0.2) is 0 Å². The summed E-state index contributed by atoms with van der Waals surface area (Å²) < 4.78 is 0. The van der Waals surface area contributed by atoms with Gasteiger partial charge in [-0.3, -0.25) is 9.69 Å². The molecule has 28 heavy (non-hydrogen) atoms. The second-order valence-electron chi connectivity index (χ2n) is 8.80. The van der Waals surface area contributed by atoms with Crippen molar-refractivity contribution in [3.05, 3.63) is 35.5 Å². The minimum Gasteiger partial charge on any atom is -0.357 e. The second kappa shape index (κ2) is 7.88. The molecule has 3 aliphatic heterocycles. The van der Waals surface area contributed by atoms with Crippen LogP contribution in [0.5, 0.6) is 0 Å². The van der Waals surface area contributed by atoms with E-state index in [4.69, 9.17) is 0 Å². The average molecular weight is 381 g/mol. The van der Waals surface area contributed by atoms with E-state index in [1.54, 1.807) is 0 Å². The van der Waals surface area contributed by atoms with Crippen LogP contribution in [-0.4, -0.2) is 70.9 Å². The maximum atomic E-state index is 12.9. The quantitative estimate of drug-likeness (QED) is 0.890. The number of hydrogen-bond donors (Lipinski definition) is 1. The summed E-state index contributed by atoms with van der Waals surface area (Å²) >= 11 is 0. The van der Waals surface area contributed by atoms with Crippen LogP contribution in [0, 0.1) is 0 Å². The van der Waals surface area contributed by atoms with Gasteiger partial charge in [0.05, 0.1) is 6.54 Å². The molecule has 0 aliphatic carbocycles. The molecule has 150 valence electrons. The van der Waals surface area contributed by atoms with Crippen molar-refractivity contribution in [3.8, 4) is 0 Å². The molecule has 5 heteroatoms. The molecule has 2 fully saturated rings. The molecule has 4 heterocycles. The number of carbonyl (C=O) groups excluding carboxylic acids is 1. The van der Waals surface area contributed by atoms with Crippen molar-refractivity contribution in [2.45, 2.75) is 51.1 Å². The van der Waals surface area contributed by atoms with E-state index in [1.165, 1.54) is 54.5 Å². The zero-order chi connectivity index (χ0) is 18.9. The van der Waals surface area contributed by atoms with E-state index in [0.29, 0.717) is 18.5 Å². The molecule has 0 spiro atoms. The van der Waals surface area contributed by atoms with Crippen LogP contribution in [0.2, 0.25) is 0 Å². The summed E-state index contributed by atoms with van der Waals surface area (Å²) in [5, 5.41) is 1.35. The third-order valence-electron chi connectivity index (χ3n) is 7.04. The average Bonchev–Trinajstić information content (AvgIpc) is 3.12. The Bertz CT molecular complexity index is 830. The summed E-state index contributed by atoms with van der Waals surface area (Å²) in [5.74, 6) is 0.316. The lowest BCUT2D eigenvalue weighted by Gasteiger charge is -2.40. The highest BCUT2D eigenvalue weighted by Crippen LogP contribution is 2.27. The fourth-order valence-corrected chi connectivity index (χ4v) is 5.44. The van der Waals surface area contributed by atoms with Crippen molar-refractivity contribution in [2.75, 3.05) is 39.3 Å². The Morgan fingerprint density at radius 1 is 1.00 bits per heavy atom. The summed E-state index contributed by atoms with van der Waals surface area (Å²) in [6, 6.07) is 9.25. The first-order valence-electron chi connectivity index (χ1n) is 11.1. The molecule has 2 saturated heterocycles. The number of aromatic nitrogens is 1. The molecule has 2 aromatic rings. The summed E-state index contributed by atoms with van der Waals surface area (Å²) in [6.45, 7) is 6.80. The van der Waals surface area contributed by atoms with Crippen LogP contribution in [-0.2, 0) is 17.8 Å². The SMILES string of the molecule is O=C(CN1CCc2c([nH]c3ccccc23)C1)N1CCC(N2CCCCC2)CC1. The largest absolute Gasteiger partial charge is 0.357 e. The Labute approximate surface area is 167 Å². The molecule has 5 rings (SSSR count). The number of piperidine rings is 2. The lowest BCUT2D eigenvalue weighted by molar-refractivity contribution is -0.134. The summed E-state index contributed by atoms with van der Waals surface area (Å²) in [5.41, 5.74) is 3.96. The maximum absolute atomic E-state index is 12.9. The highest BCUT2D eigenvalue weighted by atomic mass is 16.2. The van der Waals surface area contributed by atoms with E-state index >= 15 is 0 Å². The van der Waals surface area contributed by atoms with Crippen molar-refractivity contribution in [3.63, 3.8) is 0 Å². The molecular weight excluding hydrogens is 348 g/mol.